The van der Waals surface area contributed by atoms with E-state index in [1.54, 1.807) is 19.1 Å². The fourth-order valence-corrected chi connectivity index (χ4v) is 4.14. The molecule has 0 bridgehead atoms. The number of halogens is 1. The molecule has 2 nitrogen and oxygen atoms in total. The minimum atomic E-state index is -1.87. The molecule has 2 rings (SSSR count). The smallest absolute Gasteiger partial charge is 0.335 e. The largest absolute Gasteiger partial charge is 0.428 e. The quantitative estimate of drug-likeness (QED) is 0.791. The van der Waals surface area contributed by atoms with E-state index in [2.05, 4.69) is 19.6 Å². The molecule has 106 valence electrons. The molecule has 2 aromatic rings. The third-order valence-corrected chi connectivity index (χ3v) is 5.44. The summed E-state index contributed by atoms with van der Waals surface area (Å²) >= 11 is 0. The SMILES string of the molecule is Cc1oc(=O)c([Si](C)(C)C)c(-c2ccc(F)cc2)c1C. The standard InChI is InChI=1S/C16H19FO2Si/c1-10-11(2)19-16(18)15(20(3,4)5)14(10)12-6-8-13(17)9-7-12/h6-9H,1-5H3. The molecule has 4 heteroatoms. The fraction of sp³-hybridized carbons (Fsp3) is 0.312. The van der Waals surface area contributed by atoms with E-state index in [0.717, 1.165) is 21.9 Å². The van der Waals surface area contributed by atoms with Gasteiger partial charge in [-0.2, -0.15) is 0 Å². The van der Waals surface area contributed by atoms with Gasteiger partial charge in [0.25, 0.3) is 0 Å². The second-order valence-corrected chi connectivity index (χ2v) is 11.1. The maximum absolute atomic E-state index is 13.1. The van der Waals surface area contributed by atoms with Crippen molar-refractivity contribution in [1.29, 1.82) is 0 Å². The highest BCUT2D eigenvalue weighted by Gasteiger charge is 2.28. The Hall–Kier alpha value is -1.68. The molecule has 0 spiro atoms. The Balaban J connectivity index is 2.86. The van der Waals surface area contributed by atoms with Crippen LogP contribution in [0.25, 0.3) is 11.1 Å². The van der Waals surface area contributed by atoms with Crippen molar-refractivity contribution in [2.24, 2.45) is 0 Å². The Kier molecular flexibility index (Phi) is 3.69. The lowest BCUT2D eigenvalue weighted by Crippen LogP contribution is -2.48. The van der Waals surface area contributed by atoms with Crippen LogP contribution >= 0.6 is 0 Å². The lowest BCUT2D eigenvalue weighted by molar-refractivity contribution is 0.481. The van der Waals surface area contributed by atoms with E-state index in [4.69, 9.17) is 4.42 Å². The summed E-state index contributed by atoms with van der Waals surface area (Å²) in [5.41, 5.74) is 2.48. The van der Waals surface area contributed by atoms with Gasteiger partial charge in [0.1, 0.15) is 11.6 Å². The molecule has 1 heterocycles. The zero-order valence-corrected chi connectivity index (χ0v) is 13.5. The summed E-state index contributed by atoms with van der Waals surface area (Å²) in [6, 6.07) is 6.29. The lowest BCUT2D eigenvalue weighted by atomic mass is 10.0. The molecule has 20 heavy (non-hydrogen) atoms. The summed E-state index contributed by atoms with van der Waals surface area (Å²) in [7, 11) is -1.87. The van der Waals surface area contributed by atoms with E-state index < -0.39 is 8.07 Å². The molecule has 1 aromatic carbocycles. The van der Waals surface area contributed by atoms with Gasteiger partial charge in [-0.3, -0.25) is 0 Å². The third-order valence-electron chi connectivity index (χ3n) is 3.49. The van der Waals surface area contributed by atoms with Crippen molar-refractivity contribution in [3.63, 3.8) is 0 Å². The summed E-state index contributed by atoms with van der Waals surface area (Å²) < 4.78 is 18.5. The molecule has 0 saturated heterocycles. The van der Waals surface area contributed by atoms with Crippen LogP contribution in [0, 0.1) is 19.7 Å². The Morgan fingerprint density at radius 3 is 2.10 bits per heavy atom. The number of hydrogen-bond donors (Lipinski definition) is 0. The minimum Gasteiger partial charge on any atom is -0.428 e. The van der Waals surface area contributed by atoms with E-state index in [-0.39, 0.29) is 11.4 Å². The van der Waals surface area contributed by atoms with Gasteiger partial charge in [0.2, 0.25) is 0 Å². The molecule has 0 aliphatic rings. The minimum absolute atomic E-state index is 0.258. The highest BCUT2D eigenvalue weighted by atomic mass is 28.3. The van der Waals surface area contributed by atoms with Gasteiger partial charge in [-0.05, 0) is 42.7 Å². The van der Waals surface area contributed by atoms with Gasteiger partial charge < -0.3 is 4.42 Å². The zero-order valence-electron chi connectivity index (χ0n) is 12.5. The summed E-state index contributed by atoms with van der Waals surface area (Å²) in [6.45, 7) is 10.1. The number of rotatable bonds is 2. The maximum atomic E-state index is 13.1. The second-order valence-electron chi connectivity index (χ2n) is 6.08. The van der Waals surface area contributed by atoms with Crippen LogP contribution in [0.3, 0.4) is 0 Å². The number of benzene rings is 1. The van der Waals surface area contributed by atoms with Crippen LogP contribution in [-0.4, -0.2) is 8.07 Å². The van der Waals surface area contributed by atoms with Gasteiger partial charge in [-0.25, -0.2) is 9.18 Å². The van der Waals surface area contributed by atoms with Crippen molar-refractivity contribution in [2.45, 2.75) is 33.5 Å². The molecular weight excluding hydrogens is 271 g/mol. The highest BCUT2D eigenvalue weighted by molar-refractivity contribution is 6.89. The average Bonchev–Trinajstić information content (AvgIpc) is 2.33. The first-order valence-electron chi connectivity index (χ1n) is 6.62. The van der Waals surface area contributed by atoms with Crippen LogP contribution in [0.15, 0.2) is 33.5 Å². The molecule has 0 aliphatic heterocycles. The summed E-state index contributed by atoms with van der Waals surface area (Å²) in [6.07, 6.45) is 0. The highest BCUT2D eigenvalue weighted by Crippen LogP contribution is 2.25. The van der Waals surface area contributed by atoms with E-state index in [1.165, 1.54) is 12.1 Å². The first-order chi connectivity index (χ1) is 9.21. The number of aryl methyl sites for hydroxylation is 1. The second kappa shape index (κ2) is 5.02. The molecule has 0 unspecified atom stereocenters. The first kappa shape index (κ1) is 14.7. The Morgan fingerprint density at radius 1 is 1.05 bits per heavy atom. The fourth-order valence-electron chi connectivity index (χ4n) is 2.39. The maximum Gasteiger partial charge on any atom is 0.335 e. The monoisotopic (exact) mass is 290 g/mol. The Bertz CT molecular complexity index is 694. The Labute approximate surface area is 119 Å². The molecule has 0 amide bonds. The lowest BCUT2D eigenvalue weighted by Gasteiger charge is -2.21. The molecule has 0 fully saturated rings. The van der Waals surface area contributed by atoms with E-state index in [0.29, 0.717) is 5.76 Å². The number of hydrogen-bond acceptors (Lipinski definition) is 2. The molecule has 0 aliphatic carbocycles. The molecule has 0 atom stereocenters. The van der Waals surface area contributed by atoms with Crippen molar-refractivity contribution in [2.75, 3.05) is 0 Å². The van der Waals surface area contributed by atoms with Crippen LogP contribution in [-0.2, 0) is 0 Å². The van der Waals surface area contributed by atoms with Crippen molar-refractivity contribution in [1.82, 2.24) is 0 Å². The van der Waals surface area contributed by atoms with Crippen LogP contribution in [0.5, 0.6) is 0 Å². The molecular formula is C16H19FO2Si. The molecule has 0 N–H and O–H groups in total. The topological polar surface area (TPSA) is 30.2 Å². The van der Waals surface area contributed by atoms with Gasteiger partial charge in [0.05, 0.1) is 8.07 Å². The predicted octanol–water partition coefficient (Wildman–Crippen LogP) is 3.61. The first-order valence-corrected chi connectivity index (χ1v) is 10.1. The molecule has 0 radical (unpaired) electrons. The van der Waals surface area contributed by atoms with Gasteiger partial charge in [0.15, 0.2) is 0 Å². The molecule has 0 saturated carbocycles. The van der Waals surface area contributed by atoms with Crippen molar-refractivity contribution in [3.05, 3.63) is 51.8 Å². The zero-order chi connectivity index (χ0) is 15.1. The third kappa shape index (κ3) is 2.61. The van der Waals surface area contributed by atoms with Crippen molar-refractivity contribution in [3.8, 4) is 11.1 Å². The van der Waals surface area contributed by atoms with Crippen LogP contribution < -0.4 is 10.8 Å². The molecule has 1 aromatic heterocycles. The van der Waals surface area contributed by atoms with Crippen LogP contribution in [0.1, 0.15) is 11.3 Å². The average molecular weight is 290 g/mol. The Morgan fingerprint density at radius 2 is 1.60 bits per heavy atom. The summed E-state index contributed by atoms with van der Waals surface area (Å²) in [5, 5.41) is 0.771. The summed E-state index contributed by atoms with van der Waals surface area (Å²) in [5.74, 6) is 0.344. The van der Waals surface area contributed by atoms with Crippen LogP contribution in [0.2, 0.25) is 19.6 Å². The van der Waals surface area contributed by atoms with Gasteiger partial charge in [0, 0.05) is 5.19 Å². The van der Waals surface area contributed by atoms with Gasteiger partial charge in [-0.1, -0.05) is 31.8 Å². The predicted molar refractivity (Wildman–Crippen MR) is 82.8 cm³/mol. The summed E-state index contributed by atoms with van der Waals surface area (Å²) in [4.78, 5) is 12.3. The van der Waals surface area contributed by atoms with E-state index >= 15 is 0 Å². The van der Waals surface area contributed by atoms with Crippen LogP contribution in [0.4, 0.5) is 4.39 Å². The van der Waals surface area contributed by atoms with Crippen molar-refractivity contribution >= 4 is 13.3 Å². The normalized spacial score (nSPS) is 11.7. The van der Waals surface area contributed by atoms with E-state index in [9.17, 15) is 9.18 Å². The van der Waals surface area contributed by atoms with Gasteiger partial charge >= 0.3 is 5.63 Å². The van der Waals surface area contributed by atoms with Crippen molar-refractivity contribution < 1.29 is 8.81 Å². The van der Waals surface area contributed by atoms with E-state index in [1.807, 2.05) is 6.92 Å². The van der Waals surface area contributed by atoms with Gasteiger partial charge in [-0.15, -0.1) is 0 Å².